The van der Waals surface area contributed by atoms with Crippen LogP contribution in [0.3, 0.4) is 0 Å². The number of fused-ring (bicyclic) bond motifs is 1. The monoisotopic (exact) mass is 379 g/mol. The van der Waals surface area contributed by atoms with Crippen molar-refractivity contribution in [3.63, 3.8) is 0 Å². The zero-order chi connectivity index (χ0) is 14.1. The van der Waals surface area contributed by atoms with Crippen LogP contribution in [0.1, 0.15) is 25.5 Å². The van der Waals surface area contributed by atoms with E-state index in [0.717, 1.165) is 17.0 Å². The number of hydrogen-bond donors (Lipinski definition) is 0. The molecule has 0 atom stereocenters. The fraction of sp³-hybridized carbons (Fsp3) is 0.200. The van der Waals surface area contributed by atoms with Crippen LogP contribution in [0.5, 0.6) is 11.6 Å². The summed E-state index contributed by atoms with van der Waals surface area (Å²) in [6.07, 6.45) is 3.54. The predicted octanol–water partition coefficient (Wildman–Crippen LogP) is 4.25. The van der Waals surface area contributed by atoms with E-state index in [0.29, 0.717) is 11.8 Å². The lowest BCUT2D eigenvalue weighted by molar-refractivity contribution is 0.465. The zero-order valence-corrected chi connectivity index (χ0v) is 13.4. The van der Waals surface area contributed by atoms with E-state index in [-0.39, 0.29) is 0 Å². The second kappa shape index (κ2) is 5.40. The molecule has 0 aliphatic carbocycles. The Hall–Kier alpha value is -1.63. The maximum Gasteiger partial charge on any atom is 0.245 e. The molecule has 0 N–H and O–H groups in total. The molecule has 0 aliphatic heterocycles. The summed E-state index contributed by atoms with van der Waals surface area (Å²) < 4.78 is 8.85. The molecule has 2 heterocycles. The molecule has 0 aliphatic rings. The third-order valence-electron chi connectivity index (χ3n) is 2.99. The van der Waals surface area contributed by atoms with Crippen molar-refractivity contribution >= 4 is 28.1 Å². The Morgan fingerprint density at radius 3 is 2.65 bits per heavy atom. The van der Waals surface area contributed by atoms with E-state index in [1.54, 1.807) is 6.20 Å². The van der Waals surface area contributed by atoms with Gasteiger partial charge in [0.05, 0.1) is 5.69 Å². The van der Waals surface area contributed by atoms with Gasteiger partial charge in [0, 0.05) is 16.0 Å². The molecule has 20 heavy (non-hydrogen) atoms. The van der Waals surface area contributed by atoms with Crippen LogP contribution in [-0.2, 0) is 0 Å². The highest BCUT2D eigenvalue weighted by Gasteiger charge is 2.11. The van der Waals surface area contributed by atoms with E-state index in [9.17, 15) is 0 Å². The molecular formula is C15H14IN3O. The largest absolute Gasteiger partial charge is 0.437 e. The molecule has 0 unspecified atom stereocenters. The third kappa shape index (κ3) is 2.63. The molecule has 0 fully saturated rings. The van der Waals surface area contributed by atoms with Crippen molar-refractivity contribution in [1.82, 2.24) is 14.6 Å². The average Bonchev–Trinajstić information content (AvgIpc) is 2.87. The summed E-state index contributed by atoms with van der Waals surface area (Å²) >= 11 is 2.27. The number of nitrogens with zero attached hydrogens (tertiary/aromatic N) is 3. The Labute approximate surface area is 130 Å². The second-order valence-corrected chi connectivity index (χ2v) is 6.09. The lowest BCUT2D eigenvalue weighted by atomic mass is 10.1. The predicted molar refractivity (Wildman–Crippen MR) is 86.3 cm³/mol. The van der Waals surface area contributed by atoms with Gasteiger partial charge in [0.15, 0.2) is 0 Å². The summed E-state index contributed by atoms with van der Waals surface area (Å²) in [6.45, 7) is 4.24. The van der Waals surface area contributed by atoms with Crippen LogP contribution in [0.4, 0.5) is 0 Å². The Morgan fingerprint density at radius 2 is 1.95 bits per heavy atom. The summed E-state index contributed by atoms with van der Waals surface area (Å²) in [5, 5.41) is 4.52. The zero-order valence-electron chi connectivity index (χ0n) is 11.2. The van der Waals surface area contributed by atoms with E-state index in [2.05, 4.69) is 46.5 Å². The molecule has 0 spiro atoms. The molecule has 2 aromatic heterocycles. The Bertz CT molecular complexity index is 734. The summed E-state index contributed by atoms with van der Waals surface area (Å²) in [5.41, 5.74) is 1.92. The fourth-order valence-electron chi connectivity index (χ4n) is 1.89. The normalized spacial score (nSPS) is 11.2. The molecule has 0 bridgehead atoms. The fourth-order valence-corrected chi connectivity index (χ4v) is 2.25. The number of aromatic nitrogens is 3. The molecule has 0 saturated carbocycles. The summed E-state index contributed by atoms with van der Waals surface area (Å²) in [6, 6.07) is 9.91. The van der Waals surface area contributed by atoms with Gasteiger partial charge in [-0.1, -0.05) is 13.8 Å². The Balaban J connectivity index is 2.00. The SMILES string of the molecule is CC(C)c1cc2c(Oc3ccc(I)cc3)nccn2n1. The minimum atomic E-state index is 0.376. The molecule has 3 aromatic rings. The van der Waals surface area contributed by atoms with E-state index in [1.807, 2.05) is 41.0 Å². The van der Waals surface area contributed by atoms with Gasteiger partial charge in [-0.3, -0.25) is 0 Å². The molecule has 0 radical (unpaired) electrons. The summed E-state index contributed by atoms with van der Waals surface area (Å²) in [4.78, 5) is 4.31. The van der Waals surface area contributed by atoms with Crippen LogP contribution < -0.4 is 4.74 Å². The number of benzene rings is 1. The summed E-state index contributed by atoms with van der Waals surface area (Å²) in [5.74, 6) is 1.73. The number of ether oxygens (including phenoxy) is 1. The highest BCUT2D eigenvalue weighted by atomic mass is 127. The quantitative estimate of drug-likeness (QED) is 0.639. The molecule has 0 saturated heterocycles. The van der Waals surface area contributed by atoms with Crippen molar-refractivity contribution < 1.29 is 4.74 Å². The maximum absolute atomic E-state index is 5.86. The smallest absolute Gasteiger partial charge is 0.245 e. The molecule has 5 heteroatoms. The number of hydrogen-bond acceptors (Lipinski definition) is 3. The molecular weight excluding hydrogens is 365 g/mol. The van der Waals surface area contributed by atoms with Crippen molar-refractivity contribution in [2.75, 3.05) is 0 Å². The summed E-state index contributed by atoms with van der Waals surface area (Å²) in [7, 11) is 0. The van der Waals surface area contributed by atoms with Crippen molar-refractivity contribution in [3.05, 3.63) is 52.0 Å². The molecule has 3 rings (SSSR count). The van der Waals surface area contributed by atoms with E-state index >= 15 is 0 Å². The van der Waals surface area contributed by atoms with Gasteiger partial charge in [0.25, 0.3) is 0 Å². The molecule has 1 aromatic carbocycles. The van der Waals surface area contributed by atoms with Gasteiger partial charge in [0.2, 0.25) is 5.88 Å². The molecule has 0 amide bonds. The van der Waals surface area contributed by atoms with Gasteiger partial charge in [0.1, 0.15) is 11.3 Å². The van der Waals surface area contributed by atoms with Crippen LogP contribution >= 0.6 is 22.6 Å². The van der Waals surface area contributed by atoms with Crippen LogP contribution in [0, 0.1) is 3.57 Å². The van der Waals surface area contributed by atoms with E-state index in [4.69, 9.17) is 4.74 Å². The van der Waals surface area contributed by atoms with Crippen molar-refractivity contribution in [2.24, 2.45) is 0 Å². The van der Waals surface area contributed by atoms with E-state index in [1.165, 1.54) is 3.57 Å². The Morgan fingerprint density at radius 1 is 1.20 bits per heavy atom. The highest BCUT2D eigenvalue weighted by Crippen LogP contribution is 2.26. The van der Waals surface area contributed by atoms with Gasteiger partial charge in [-0.25, -0.2) is 9.50 Å². The molecule has 102 valence electrons. The van der Waals surface area contributed by atoms with Gasteiger partial charge in [-0.05, 0) is 58.8 Å². The minimum absolute atomic E-state index is 0.376. The standard InChI is InChI=1S/C15H14IN3O/c1-10(2)13-9-14-15(17-7-8-19(14)18-13)20-12-5-3-11(16)4-6-12/h3-10H,1-2H3. The first-order valence-electron chi connectivity index (χ1n) is 6.41. The first kappa shape index (κ1) is 13.4. The van der Waals surface area contributed by atoms with Crippen molar-refractivity contribution in [2.45, 2.75) is 19.8 Å². The number of halogens is 1. The average molecular weight is 379 g/mol. The van der Waals surface area contributed by atoms with Crippen LogP contribution in [-0.4, -0.2) is 14.6 Å². The van der Waals surface area contributed by atoms with Gasteiger partial charge >= 0.3 is 0 Å². The first-order chi connectivity index (χ1) is 9.63. The lowest BCUT2D eigenvalue weighted by Crippen LogP contribution is -1.94. The lowest BCUT2D eigenvalue weighted by Gasteiger charge is -2.05. The van der Waals surface area contributed by atoms with E-state index < -0.39 is 0 Å². The number of rotatable bonds is 3. The highest BCUT2D eigenvalue weighted by molar-refractivity contribution is 14.1. The van der Waals surface area contributed by atoms with Crippen molar-refractivity contribution in [3.8, 4) is 11.6 Å². The first-order valence-corrected chi connectivity index (χ1v) is 7.49. The van der Waals surface area contributed by atoms with Gasteiger partial charge in [-0.15, -0.1) is 0 Å². The Kier molecular flexibility index (Phi) is 3.60. The third-order valence-corrected chi connectivity index (χ3v) is 3.71. The van der Waals surface area contributed by atoms with Crippen LogP contribution in [0.15, 0.2) is 42.7 Å². The van der Waals surface area contributed by atoms with Gasteiger partial charge in [-0.2, -0.15) is 5.10 Å². The molecule has 4 nitrogen and oxygen atoms in total. The maximum atomic E-state index is 5.86. The minimum Gasteiger partial charge on any atom is -0.437 e. The van der Waals surface area contributed by atoms with Crippen LogP contribution in [0.25, 0.3) is 5.52 Å². The van der Waals surface area contributed by atoms with Crippen LogP contribution in [0.2, 0.25) is 0 Å². The van der Waals surface area contributed by atoms with Gasteiger partial charge < -0.3 is 4.74 Å². The topological polar surface area (TPSA) is 39.4 Å². The second-order valence-electron chi connectivity index (χ2n) is 4.84. The van der Waals surface area contributed by atoms with Crippen molar-refractivity contribution in [1.29, 1.82) is 0 Å².